The van der Waals surface area contributed by atoms with Crippen molar-refractivity contribution in [3.8, 4) is 0 Å². The summed E-state index contributed by atoms with van der Waals surface area (Å²) < 4.78 is 0. The van der Waals surface area contributed by atoms with Crippen molar-refractivity contribution in [3.05, 3.63) is 49.8 Å². The van der Waals surface area contributed by atoms with Crippen molar-refractivity contribution in [3.63, 3.8) is 0 Å². The Kier molecular flexibility index (Phi) is 4.82. The molecule has 27 heavy (non-hydrogen) atoms. The largest absolute Gasteiger partial charge is 0.337 e. The Hall–Kier alpha value is -2.48. The molecule has 2 amide bonds. The zero-order valence-corrected chi connectivity index (χ0v) is 16.1. The Morgan fingerprint density at radius 1 is 1.37 bits per heavy atom. The van der Waals surface area contributed by atoms with Gasteiger partial charge in [0.25, 0.3) is 5.56 Å². The van der Waals surface area contributed by atoms with E-state index in [9.17, 15) is 14.4 Å². The highest BCUT2D eigenvalue weighted by atomic mass is 32.1. The lowest BCUT2D eigenvalue weighted by atomic mass is 10.1. The minimum absolute atomic E-state index is 0.0160. The van der Waals surface area contributed by atoms with E-state index in [2.05, 4.69) is 9.97 Å². The molecule has 0 saturated carbocycles. The third-order valence-electron chi connectivity index (χ3n) is 5.36. The number of H-pyrrole nitrogens is 1. The fourth-order valence-electron chi connectivity index (χ4n) is 3.90. The molecule has 7 nitrogen and oxygen atoms in total. The first-order chi connectivity index (χ1) is 13.0. The van der Waals surface area contributed by atoms with E-state index in [1.165, 1.54) is 6.92 Å². The highest BCUT2D eigenvalue weighted by Gasteiger charge is 2.33. The number of aromatic nitrogens is 2. The van der Waals surface area contributed by atoms with E-state index in [0.717, 1.165) is 18.4 Å². The zero-order chi connectivity index (χ0) is 19.0. The molecule has 0 unspecified atom stereocenters. The van der Waals surface area contributed by atoms with Gasteiger partial charge in [-0.15, -0.1) is 0 Å². The SMILES string of the molecule is CC(=O)N1CCc2c(nc([C@@H]3CCCN3C(=O)Cc3ccsc3)[nH]c2=O)C1. The molecule has 0 bridgehead atoms. The molecule has 2 aromatic heterocycles. The van der Waals surface area contributed by atoms with Crippen molar-refractivity contribution in [2.75, 3.05) is 13.1 Å². The number of thiophene rings is 1. The van der Waals surface area contributed by atoms with E-state index in [-0.39, 0.29) is 23.4 Å². The Morgan fingerprint density at radius 3 is 2.96 bits per heavy atom. The molecule has 8 heteroatoms. The molecule has 2 aromatic rings. The van der Waals surface area contributed by atoms with Gasteiger partial charge in [0.05, 0.1) is 24.7 Å². The third kappa shape index (κ3) is 3.53. The molecule has 0 spiro atoms. The second-order valence-corrected chi connectivity index (χ2v) is 7.90. The Bertz CT molecular complexity index is 922. The number of likely N-dealkylation sites (tertiary alicyclic amines) is 1. The summed E-state index contributed by atoms with van der Waals surface area (Å²) in [4.78, 5) is 48.1. The molecule has 1 saturated heterocycles. The Balaban J connectivity index is 1.59. The van der Waals surface area contributed by atoms with Gasteiger partial charge < -0.3 is 14.8 Å². The van der Waals surface area contributed by atoms with Crippen molar-refractivity contribution in [2.24, 2.45) is 0 Å². The van der Waals surface area contributed by atoms with Crippen LogP contribution in [0.4, 0.5) is 0 Å². The van der Waals surface area contributed by atoms with Crippen molar-refractivity contribution >= 4 is 23.2 Å². The number of carbonyl (C=O) groups is 2. The minimum Gasteiger partial charge on any atom is -0.337 e. The van der Waals surface area contributed by atoms with Gasteiger partial charge in [0, 0.05) is 25.6 Å². The summed E-state index contributed by atoms with van der Waals surface area (Å²) in [6, 6.07) is 1.75. The molecular weight excluding hydrogens is 364 g/mol. The topological polar surface area (TPSA) is 86.4 Å². The normalized spacial score (nSPS) is 19.2. The summed E-state index contributed by atoms with van der Waals surface area (Å²) in [5.41, 5.74) is 2.19. The predicted molar refractivity (Wildman–Crippen MR) is 101 cm³/mol. The maximum Gasteiger partial charge on any atom is 0.254 e. The molecule has 2 aliphatic rings. The molecule has 2 aliphatic heterocycles. The van der Waals surface area contributed by atoms with Gasteiger partial charge in [0.1, 0.15) is 5.82 Å². The summed E-state index contributed by atoms with van der Waals surface area (Å²) >= 11 is 1.58. The van der Waals surface area contributed by atoms with Crippen molar-refractivity contribution < 1.29 is 9.59 Å². The molecule has 0 radical (unpaired) electrons. The van der Waals surface area contributed by atoms with Gasteiger partial charge in [-0.3, -0.25) is 14.4 Å². The molecule has 142 valence electrons. The number of fused-ring (bicyclic) bond motifs is 1. The minimum atomic E-state index is -0.207. The molecule has 1 atom stereocenters. The van der Waals surface area contributed by atoms with Gasteiger partial charge in [0.2, 0.25) is 11.8 Å². The Morgan fingerprint density at radius 2 is 2.22 bits per heavy atom. The van der Waals surface area contributed by atoms with Crippen LogP contribution in [0.25, 0.3) is 0 Å². The van der Waals surface area contributed by atoms with Crippen molar-refractivity contribution in [1.82, 2.24) is 19.8 Å². The van der Waals surface area contributed by atoms with Crippen LogP contribution in [0.2, 0.25) is 0 Å². The molecule has 0 aliphatic carbocycles. The van der Waals surface area contributed by atoms with Crippen LogP contribution in [-0.2, 0) is 29.0 Å². The van der Waals surface area contributed by atoms with Crippen LogP contribution in [0.5, 0.6) is 0 Å². The van der Waals surface area contributed by atoms with E-state index >= 15 is 0 Å². The van der Waals surface area contributed by atoms with Crippen LogP contribution < -0.4 is 5.56 Å². The Labute approximate surface area is 161 Å². The molecule has 1 fully saturated rings. The number of rotatable bonds is 3. The smallest absolute Gasteiger partial charge is 0.254 e. The maximum absolute atomic E-state index is 12.8. The van der Waals surface area contributed by atoms with E-state index < -0.39 is 0 Å². The highest BCUT2D eigenvalue weighted by molar-refractivity contribution is 7.08. The standard InChI is InChI=1S/C19H22N4O3S/c1-12(24)22-7-4-14-15(10-22)20-18(21-19(14)26)16-3-2-6-23(16)17(25)9-13-5-8-27-11-13/h5,8,11,16H,2-4,6-7,9-10H2,1H3,(H,20,21,26)/t16-/m0/s1. The van der Waals surface area contributed by atoms with Gasteiger partial charge in [-0.1, -0.05) is 0 Å². The van der Waals surface area contributed by atoms with E-state index in [1.807, 2.05) is 21.7 Å². The van der Waals surface area contributed by atoms with Crippen LogP contribution >= 0.6 is 11.3 Å². The summed E-state index contributed by atoms with van der Waals surface area (Å²) in [5, 5.41) is 3.95. The van der Waals surface area contributed by atoms with Gasteiger partial charge in [-0.25, -0.2) is 4.98 Å². The van der Waals surface area contributed by atoms with Crippen LogP contribution in [0.3, 0.4) is 0 Å². The number of hydrogen-bond acceptors (Lipinski definition) is 5. The molecule has 1 N–H and O–H groups in total. The number of aromatic amines is 1. The lowest BCUT2D eigenvalue weighted by molar-refractivity contribution is -0.131. The predicted octanol–water partition coefficient (Wildman–Crippen LogP) is 1.64. The summed E-state index contributed by atoms with van der Waals surface area (Å²) in [6.45, 7) is 3.10. The maximum atomic E-state index is 12.8. The number of nitrogens with one attached hydrogen (secondary N) is 1. The van der Waals surface area contributed by atoms with Gasteiger partial charge in [-0.2, -0.15) is 11.3 Å². The van der Waals surface area contributed by atoms with Crippen LogP contribution in [0.1, 0.15) is 48.5 Å². The summed E-state index contributed by atoms with van der Waals surface area (Å²) in [7, 11) is 0. The summed E-state index contributed by atoms with van der Waals surface area (Å²) in [6.07, 6.45) is 2.56. The average molecular weight is 386 g/mol. The highest BCUT2D eigenvalue weighted by Crippen LogP contribution is 2.31. The number of nitrogens with zero attached hydrogens (tertiary/aromatic N) is 3. The van der Waals surface area contributed by atoms with E-state index in [0.29, 0.717) is 49.6 Å². The van der Waals surface area contributed by atoms with Crippen LogP contribution in [-0.4, -0.2) is 44.7 Å². The van der Waals surface area contributed by atoms with Crippen molar-refractivity contribution in [1.29, 1.82) is 0 Å². The molecule has 0 aromatic carbocycles. The molecular formula is C19H22N4O3S. The van der Waals surface area contributed by atoms with Gasteiger partial charge >= 0.3 is 0 Å². The van der Waals surface area contributed by atoms with E-state index in [1.54, 1.807) is 16.2 Å². The second kappa shape index (κ2) is 7.26. The average Bonchev–Trinajstić information content (AvgIpc) is 3.32. The number of amides is 2. The lowest BCUT2D eigenvalue weighted by Gasteiger charge is -2.28. The van der Waals surface area contributed by atoms with Gasteiger partial charge in [0.15, 0.2) is 0 Å². The fourth-order valence-corrected chi connectivity index (χ4v) is 4.57. The van der Waals surface area contributed by atoms with Gasteiger partial charge in [-0.05, 0) is 41.7 Å². The first kappa shape index (κ1) is 17.9. The third-order valence-corrected chi connectivity index (χ3v) is 6.09. The second-order valence-electron chi connectivity index (χ2n) is 7.12. The quantitative estimate of drug-likeness (QED) is 0.869. The zero-order valence-electron chi connectivity index (χ0n) is 15.2. The first-order valence-corrected chi connectivity index (χ1v) is 10.1. The first-order valence-electron chi connectivity index (χ1n) is 9.21. The van der Waals surface area contributed by atoms with Crippen LogP contribution in [0.15, 0.2) is 21.6 Å². The summed E-state index contributed by atoms with van der Waals surface area (Å²) in [5.74, 6) is 0.583. The number of hydrogen-bond donors (Lipinski definition) is 1. The monoisotopic (exact) mass is 386 g/mol. The van der Waals surface area contributed by atoms with Crippen LogP contribution in [0, 0.1) is 0 Å². The lowest BCUT2D eigenvalue weighted by Crippen LogP contribution is -2.39. The molecule has 4 rings (SSSR count). The fraction of sp³-hybridized carbons (Fsp3) is 0.474. The molecule has 4 heterocycles. The van der Waals surface area contributed by atoms with E-state index in [4.69, 9.17) is 0 Å². The van der Waals surface area contributed by atoms with Crippen molar-refractivity contribution in [2.45, 2.75) is 45.2 Å². The number of carbonyl (C=O) groups excluding carboxylic acids is 2.